The van der Waals surface area contributed by atoms with E-state index in [0.717, 1.165) is 45.3 Å². The molecular formula is C28H29N3O3. The highest BCUT2D eigenvalue weighted by Crippen LogP contribution is 2.46. The summed E-state index contributed by atoms with van der Waals surface area (Å²) in [6.45, 7) is 4.21. The first-order chi connectivity index (χ1) is 16.5. The lowest BCUT2D eigenvalue weighted by atomic mass is 9.78. The number of anilines is 2. The first kappa shape index (κ1) is 22.0. The number of Topliss-reactive ketones (excluding diaryl/α,β-unsaturated/α-hetero) is 1. The number of allylic oxidation sites excluding steroid dienone is 1. The maximum atomic E-state index is 13.8. The van der Waals surface area contributed by atoms with Gasteiger partial charge in [0.25, 0.3) is 0 Å². The molecule has 3 aromatic rings. The van der Waals surface area contributed by atoms with Crippen molar-refractivity contribution < 1.29 is 14.3 Å². The van der Waals surface area contributed by atoms with Gasteiger partial charge in [-0.25, -0.2) is 0 Å². The molecule has 0 radical (unpaired) electrons. The Balaban J connectivity index is 1.63. The van der Waals surface area contributed by atoms with Crippen LogP contribution < -0.4 is 20.1 Å². The molecule has 6 heteroatoms. The lowest BCUT2D eigenvalue weighted by Crippen LogP contribution is -2.27. The molecule has 0 saturated heterocycles. The summed E-state index contributed by atoms with van der Waals surface area (Å²) >= 11 is 0. The van der Waals surface area contributed by atoms with E-state index in [1.807, 2.05) is 30.3 Å². The molecule has 2 heterocycles. The third-order valence-electron chi connectivity index (χ3n) is 6.93. The average Bonchev–Trinajstić information content (AvgIpc) is 3.01. The summed E-state index contributed by atoms with van der Waals surface area (Å²) < 4.78 is 11.1. The molecule has 2 aliphatic rings. The lowest BCUT2D eigenvalue weighted by molar-refractivity contribution is -0.116. The van der Waals surface area contributed by atoms with Gasteiger partial charge < -0.3 is 20.1 Å². The first-order valence-electron chi connectivity index (χ1n) is 11.5. The Morgan fingerprint density at radius 2 is 1.65 bits per heavy atom. The molecular weight excluding hydrogens is 426 g/mol. The van der Waals surface area contributed by atoms with E-state index in [-0.39, 0.29) is 17.7 Å². The summed E-state index contributed by atoms with van der Waals surface area (Å²) in [7, 11) is 3.31. The molecule has 6 nitrogen and oxygen atoms in total. The fourth-order valence-corrected chi connectivity index (χ4v) is 5.00. The Kier molecular flexibility index (Phi) is 5.74. The van der Waals surface area contributed by atoms with Crippen molar-refractivity contribution in [3.8, 4) is 11.5 Å². The predicted molar refractivity (Wildman–Crippen MR) is 134 cm³/mol. The monoisotopic (exact) mass is 455 g/mol. The molecule has 1 aliphatic heterocycles. The number of pyridine rings is 1. The van der Waals surface area contributed by atoms with E-state index in [1.54, 1.807) is 26.6 Å². The summed E-state index contributed by atoms with van der Waals surface area (Å²) in [6.07, 6.45) is 4.64. The fourth-order valence-electron chi connectivity index (χ4n) is 5.00. The van der Waals surface area contributed by atoms with Crippen LogP contribution in [0, 0.1) is 13.8 Å². The number of carbonyl (C=O) groups is 1. The molecule has 0 amide bonds. The third kappa shape index (κ3) is 3.89. The van der Waals surface area contributed by atoms with Crippen molar-refractivity contribution >= 4 is 17.2 Å². The van der Waals surface area contributed by atoms with E-state index in [9.17, 15) is 4.79 Å². The van der Waals surface area contributed by atoms with Crippen molar-refractivity contribution in [2.75, 3.05) is 24.9 Å². The molecule has 1 aliphatic carbocycles. The van der Waals surface area contributed by atoms with Crippen LogP contribution in [0.3, 0.4) is 0 Å². The van der Waals surface area contributed by atoms with Crippen molar-refractivity contribution in [1.29, 1.82) is 0 Å². The van der Waals surface area contributed by atoms with Crippen molar-refractivity contribution in [2.24, 2.45) is 0 Å². The van der Waals surface area contributed by atoms with Crippen LogP contribution in [-0.4, -0.2) is 25.0 Å². The van der Waals surface area contributed by atoms with Crippen molar-refractivity contribution in [3.05, 3.63) is 88.4 Å². The van der Waals surface area contributed by atoms with Crippen LogP contribution in [0.2, 0.25) is 0 Å². The van der Waals surface area contributed by atoms with Gasteiger partial charge in [-0.2, -0.15) is 0 Å². The van der Waals surface area contributed by atoms with Gasteiger partial charge >= 0.3 is 0 Å². The zero-order chi connectivity index (χ0) is 23.8. The van der Waals surface area contributed by atoms with Gasteiger partial charge in [0.1, 0.15) is 11.5 Å². The summed E-state index contributed by atoms with van der Waals surface area (Å²) in [5, 5.41) is 7.29. The fraction of sp³-hybridized carbons (Fsp3) is 0.286. The minimum absolute atomic E-state index is 0.0185. The molecule has 5 rings (SSSR count). The second kappa shape index (κ2) is 8.86. The van der Waals surface area contributed by atoms with Crippen LogP contribution in [0.25, 0.3) is 0 Å². The van der Waals surface area contributed by atoms with E-state index in [4.69, 9.17) is 9.47 Å². The number of hydrogen-bond acceptors (Lipinski definition) is 6. The molecule has 1 aromatic heterocycles. The molecule has 0 unspecified atom stereocenters. The lowest BCUT2D eigenvalue weighted by Gasteiger charge is -2.30. The van der Waals surface area contributed by atoms with E-state index < -0.39 is 0 Å². The average molecular weight is 456 g/mol. The maximum absolute atomic E-state index is 13.8. The second-order valence-electron chi connectivity index (χ2n) is 8.99. The zero-order valence-electron chi connectivity index (χ0n) is 19.9. The smallest absolute Gasteiger partial charge is 0.163 e. The number of ketones is 1. The van der Waals surface area contributed by atoms with Gasteiger partial charge in [-0.15, -0.1) is 0 Å². The maximum Gasteiger partial charge on any atom is 0.163 e. The molecule has 174 valence electrons. The van der Waals surface area contributed by atoms with Gasteiger partial charge in [-0.1, -0.05) is 0 Å². The molecule has 0 spiro atoms. The number of benzene rings is 2. The Labute approximate surface area is 200 Å². The molecule has 34 heavy (non-hydrogen) atoms. The van der Waals surface area contributed by atoms with Crippen LogP contribution in [0.5, 0.6) is 11.5 Å². The summed E-state index contributed by atoms with van der Waals surface area (Å²) in [6, 6.07) is 13.8. The van der Waals surface area contributed by atoms with E-state index in [2.05, 4.69) is 41.6 Å². The van der Waals surface area contributed by atoms with Crippen molar-refractivity contribution in [1.82, 2.24) is 4.98 Å². The Hall–Kier alpha value is -3.80. The Bertz CT molecular complexity index is 1280. The third-order valence-corrected chi connectivity index (χ3v) is 6.93. The summed E-state index contributed by atoms with van der Waals surface area (Å²) in [5.41, 5.74) is 8.11. The quantitative estimate of drug-likeness (QED) is 0.526. The van der Waals surface area contributed by atoms with Crippen molar-refractivity contribution in [2.45, 2.75) is 38.6 Å². The largest absolute Gasteiger partial charge is 0.497 e. The molecule has 2 aromatic carbocycles. The summed E-state index contributed by atoms with van der Waals surface area (Å²) in [4.78, 5) is 17.9. The second-order valence-corrected chi connectivity index (χ2v) is 8.99. The van der Waals surface area contributed by atoms with Gasteiger partial charge in [0, 0.05) is 41.6 Å². The number of hydrogen-bond donors (Lipinski definition) is 2. The van der Waals surface area contributed by atoms with Crippen molar-refractivity contribution in [3.63, 3.8) is 0 Å². The zero-order valence-corrected chi connectivity index (χ0v) is 19.9. The molecule has 0 fully saturated rings. The molecule has 2 atom stereocenters. The Morgan fingerprint density at radius 1 is 0.912 bits per heavy atom. The molecule has 0 bridgehead atoms. The SMILES string of the molecule is COc1ccc(OC)c([C@H]2CC(=O)C3=C(C2)Nc2cc(C)c(C)cc2N[C@@H]3c2ccncc2)c1. The number of nitrogens with one attached hydrogen (secondary N) is 2. The topological polar surface area (TPSA) is 72.5 Å². The summed E-state index contributed by atoms with van der Waals surface area (Å²) in [5.74, 6) is 1.63. The minimum Gasteiger partial charge on any atom is -0.497 e. The van der Waals surface area contributed by atoms with E-state index in [1.165, 1.54) is 11.1 Å². The number of methoxy groups -OCH3 is 2. The molecule has 0 saturated carbocycles. The minimum atomic E-state index is -0.255. The predicted octanol–water partition coefficient (Wildman–Crippen LogP) is 5.70. The number of aromatic nitrogens is 1. The number of nitrogens with zero attached hydrogens (tertiary/aromatic N) is 1. The van der Waals surface area contributed by atoms with Gasteiger partial charge in [0.2, 0.25) is 0 Å². The van der Waals surface area contributed by atoms with Crippen LogP contribution in [-0.2, 0) is 4.79 Å². The molecule has 2 N–H and O–H groups in total. The normalized spacial score (nSPS) is 19.4. The number of rotatable bonds is 4. The van der Waals surface area contributed by atoms with Gasteiger partial charge in [0.15, 0.2) is 5.78 Å². The van der Waals surface area contributed by atoms with Gasteiger partial charge in [-0.3, -0.25) is 9.78 Å². The van der Waals surface area contributed by atoms with Gasteiger partial charge in [0.05, 0.1) is 31.6 Å². The number of fused-ring (bicyclic) bond motifs is 1. The highest BCUT2D eigenvalue weighted by Gasteiger charge is 2.37. The van der Waals surface area contributed by atoms with E-state index >= 15 is 0 Å². The van der Waals surface area contributed by atoms with Crippen LogP contribution >= 0.6 is 0 Å². The highest BCUT2D eigenvalue weighted by molar-refractivity contribution is 6.01. The van der Waals surface area contributed by atoms with Crippen LogP contribution in [0.1, 0.15) is 47.1 Å². The highest BCUT2D eigenvalue weighted by atomic mass is 16.5. The first-order valence-corrected chi connectivity index (χ1v) is 11.5. The number of carbonyl (C=O) groups excluding carboxylic acids is 1. The Morgan fingerprint density at radius 3 is 2.35 bits per heavy atom. The standard InChI is InChI=1S/C28H29N3O3/c1-16-11-22-23(12-17(16)2)31-28(18-7-9-29-10-8-18)27-24(30-22)13-19(14-25(27)32)21-15-20(33-3)5-6-26(21)34-4/h5-12,15,19,28,30-31H,13-14H2,1-4H3/t19-,28-/m1/s1. The van der Waals surface area contributed by atoms with Crippen LogP contribution in [0.15, 0.2) is 66.1 Å². The van der Waals surface area contributed by atoms with Gasteiger partial charge in [-0.05, 0) is 79.4 Å². The number of aryl methyl sites for hydroxylation is 2. The number of ether oxygens (including phenoxy) is 2. The van der Waals surface area contributed by atoms with E-state index in [0.29, 0.717) is 12.8 Å². The van der Waals surface area contributed by atoms with Crippen LogP contribution in [0.4, 0.5) is 11.4 Å².